The summed E-state index contributed by atoms with van der Waals surface area (Å²) < 4.78 is 3.97. The van der Waals surface area contributed by atoms with Crippen molar-refractivity contribution in [3.63, 3.8) is 0 Å². The first kappa shape index (κ1) is 16.6. The summed E-state index contributed by atoms with van der Waals surface area (Å²) in [4.78, 5) is 0. The van der Waals surface area contributed by atoms with E-state index in [-0.39, 0.29) is 9.90 Å². The van der Waals surface area contributed by atoms with Gasteiger partial charge >= 0.3 is 124 Å². The van der Waals surface area contributed by atoms with Crippen molar-refractivity contribution in [1.82, 2.24) is 0 Å². The van der Waals surface area contributed by atoms with E-state index >= 15 is 0 Å². The van der Waals surface area contributed by atoms with Gasteiger partial charge in [0.1, 0.15) is 0 Å². The van der Waals surface area contributed by atoms with Gasteiger partial charge in [0.2, 0.25) is 0 Å². The minimum absolute atomic E-state index is 0. The van der Waals surface area contributed by atoms with Gasteiger partial charge in [-0.15, -0.1) is 0 Å². The molecule has 0 bridgehead atoms. The Balaban J connectivity index is 0.00000147. The van der Waals surface area contributed by atoms with Gasteiger partial charge < -0.3 is 0 Å². The molecule has 0 N–H and O–H groups in total. The maximum atomic E-state index is 2.45. The van der Waals surface area contributed by atoms with Crippen LogP contribution in [0.1, 0.15) is 64.2 Å². The van der Waals surface area contributed by atoms with Crippen LogP contribution < -0.4 is 4.16 Å². The van der Waals surface area contributed by atoms with Gasteiger partial charge in [-0.3, -0.25) is 0 Å². The Morgan fingerprint density at radius 2 is 1.10 bits per heavy atom. The molecule has 2 fully saturated rings. The third-order valence-electron chi connectivity index (χ3n) is 4.54. The summed E-state index contributed by atoms with van der Waals surface area (Å²) in [6.45, 7) is 0. The molecule has 0 radical (unpaired) electrons. The Kier molecular flexibility index (Phi) is 7.20. The number of hydrogen-bond acceptors (Lipinski definition) is 0. The van der Waals surface area contributed by atoms with Gasteiger partial charge in [-0.2, -0.15) is 9.90 Å². The van der Waals surface area contributed by atoms with Crippen LogP contribution in [0.2, 0.25) is 9.02 Å². The predicted octanol–water partition coefficient (Wildman–Crippen LogP) is 5.49. The second kappa shape index (κ2) is 8.65. The Morgan fingerprint density at radius 1 is 0.650 bits per heavy atom. The fourth-order valence-corrected chi connectivity index (χ4v) is 10.5. The topological polar surface area (TPSA) is 0 Å². The van der Waals surface area contributed by atoms with Gasteiger partial charge in [0.25, 0.3) is 0 Å². The second-order valence-electron chi connectivity index (χ2n) is 5.97. The molecule has 2 aliphatic carbocycles. The molecule has 0 amide bonds. The molecule has 116 valence electrons. The normalized spacial score (nSPS) is 22.1. The molecule has 1 atom stereocenters. The van der Waals surface area contributed by atoms with E-state index in [1.165, 1.54) is 64.2 Å². The van der Waals surface area contributed by atoms with E-state index in [9.17, 15) is 0 Å². The van der Waals surface area contributed by atoms with Crippen LogP contribution in [0.5, 0.6) is 0 Å². The zero-order chi connectivity index (χ0) is 12.9. The second-order valence-corrected chi connectivity index (χ2v) is 11.1. The van der Waals surface area contributed by atoms with E-state index in [4.69, 9.17) is 0 Å². The fraction of sp³-hybridized carbons (Fsp3) is 0.667. The minimum atomic E-state index is -0.651. The molecular formula is C18H30PRh. The van der Waals surface area contributed by atoms with Crippen LogP contribution in [0.3, 0.4) is 0 Å². The summed E-state index contributed by atoms with van der Waals surface area (Å²) in [6, 6.07) is 11.7. The summed E-state index contributed by atoms with van der Waals surface area (Å²) >= 11 is -0.651. The van der Waals surface area contributed by atoms with E-state index < -0.39 is 16.0 Å². The number of benzene rings is 1. The third-order valence-corrected chi connectivity index (χ3v) is 11.0. The SMILES string of the molecule is P.c1cc[c]([Rh]([CH]2CCCCC2)[CH]2CCCCC2)cc1. The molecule has 0 aliphatic heterocycles. The van der Waals surface area contributed by atoms with Gasteiger partial charge in [0, 0.05) is 0 Å². The van der Waals surface area contributed by atoms with Crippen LogP contribution in [-0.4, -0.2) is 0 Å². The molecule has 1 unspecified atom stereocenters. The average Bonchev–Trinajstić information content (AvgIpc) is 2.51. The van der Waals surface area contributed by atoms with Crippen LogP contribution in [-0.2, 0) is 16.0 Å². The molecule has 0 saturated heterocycles. The molecule has 1 aromatic rings. The van der Waals surface area contributed by atoms with Crippen LogP contribution >= 0.6 is 9.90 Å². The van der Waals surface area contributed by atoms with Crippen molar-refractivity contribution in [2.45, 2.75) is 73.2 Å². The zero-order valence-corrected chi connectivity index (χ0v) is 15.7. The summed E-state index contributed by atoms with van der Waals surface area (Å²) in [6.07, 6.45) is 15.2. The van der Waals surface area contributed by atoms with Crippen LogP contribution in [0, 0.1) is 0 Å². The maximum absolute atomic E-state index is 2.45. The number of hydrogen-bond donors (Lipinski definition) is 0. The molecule has 2 aliphatic rings. The van der Waals surface area contributed by atoms with Crippen molar-refractivity contribution in [3.8, 4) is 0 Å². The van der Waals surface area contributed by atoms with Crippen LogP contribution in [0.15, 0.2) is 30.3 Å². The molecule has 3 rings (SSSR count). The Morgan fingerprint density at radius 3 is 1.55 bits per heavy atom. The molecule has 2 saturated carbocycles. The van der Waals surface area contributed by atoms with E-state index in [1.807, 2.05) is 0 Å². The fourth-order valence-electron chi connectivity index (χ4n) is 3.55. The zero-order valence-electron chi connectivity index (χ0n) is 12.7. The third kappa shape index (κ3) is 4.14. The first-order valence-corrected chi connectivity index (χ1v) is 10.8. The molecule has 1 aromatic carbocycles. The quantitative estimate of drug-likeness (QED) is 0.480. The monoisotopic (exact) mass is 380 g/mol. The summed E-state index contributed by atoms with van der Waals surface area (Å²) in [5.41, 5.74) is 0. The molecule has 0 spiro atoms. The summed E-state index contributed by atoms with van der Waals surface area (Å²) in [7, 11) is 0. The molecule has 0 aromatic heterocycles. The standard InChI is InChI=1S/2C6H11.C6H5.H3P.Rh/c3*1-2-4-6-5-3-1;;/h2*1H,2-6H2;1-5H;1H3;. The molecular weight excluding hydrogens is 350 g/mol. The average molecular weight is 380 g/mol. The van der Waals surface area contributed by atoms with Crippen LogP contribution in [0.4, 0.5) is 0 Å². The van der Waals surface area contributed by atoms with Gasteiger partial charge in [0.05, 0.1) is 0 Å². The van der Waals surface area contributed by atoms with Gasteiger partial charge in [0.15, 0.2) is 0 Å². The van der Waals surface area contributed by atoms with Crippen molar-refractivity contribution in [1.29, 1.82) is 0 Å². The van der Waals surface area contributed by atoms with E-state index in [2.05, 4.69) is 30.3 Å². The van der Waals surface area contributed by atoms with Crippen LogP contribution in [0.25, 0.3) is 0 Å². The molecule has 20 heavy (non-hydrogen) atoms. The van der Waals surface area contributed by atoms with Gasteiger partial charge in [-0.05, 0) is 0 Å². The molecule has 0 nitrogen and oxygen atoms in total. The summed E-state index contributed by atoms with van der Waals surface area (Å²) in [5.74, 6) is 0. The van der Waals surface area contributed by atoms with Crippen molar-refractivity contribution in [3.05, 3.63) is 30.3 Å². The van der Waals surface area contributed by atoms with Crippen molar-refractivity contribution >= 4 is 14.1 Å². The Labute approximate surface area is 133 Å². The Bertz CT molecular complexity index is 348. The van der Waals surface area contributed by atoms with Crippen molar-refractivity contribution in [2.75, 3.05) is 0 Å². The Hall–Kier alpha value is 0.273. The number of rotatable bonds is 3. The van der Waals surface area contributed by atoms with E-state index in [1.54, 1.807) is 4.16 Å². The summed E-state index contributed by atoms with van der Waals surface area (Å²) in [5, 5.41) is 0. The molecule has 0 heterocycles. The van der Waals surface area contributed by atoms with E-state index in [0.717, 1.165) is 9.02 Å². The van der Waals surface area contributed by atoms with Gasteiger partial charge in [-0.1, -0.05) is 0 Å². The van der Waals surface area contributed by atoms with E-state index in [0.29, 0.717) is 0 Å². The molecule has 2 heteroatoms. The van der Waals surface area contributed by atoms with Gasteiger partial charge in [-0.25, -0.2) is 0 Å². The van der Waals surface area contributed by atoms with Crippen molar-refractivity contribution < 1.29 is 16.0 Å². The van der Waals surface area contributed by atoms with Crippen molar-refractivity contribution in [2.24, 2.45) is 0 Å². The first-order valence-electron chi connectivity index (χ1n) is 8.10. The first-order chi connectivity index (χ1) is 9.45. The predicted molar refractivity (Wildman–Crippen MR) is 90.9 cm³/mol.